The molecule has 1 heterocycles. The maximum absolute atomic E-state index is 11.7. The summed E-state index contributed by atoms with van der Waals surface area (Å²) in [6.07, 6.45) is 2.70. The zero-order chi connectivity index (χ0) is 11.5. The van der Waals surface area contributed by atoms with Crippen LogP contribution in [0, 0.1) is 5.92 Å². The van der Waals surface area contributed by atoms with E-state index in [0.717, 1.165) is 18.8 Å². The van der Waals surface area contributed by atoms with Crippen LogP contribution in [0.4, 0.5) is 5.82 Å². The highest BCUT2D eigenvalue weighted by molar-refractivity contribution is 5.94. The molecule has 1 aliphatic carbocycles. The minimum atomic E-state index is -0.0232. The summed E-state index contributed by atoms with van der Waals surface area (Å²) < 4.78 is 0. The Morgan fingerprint density at radius 1 is 1.56 bits per heavy atom. The van der Waals surface area contributed by atoms with E-state index in [0.29, 0.717) is 17.5 Å². The number of pyridine rings is 1. The lowest BCUT2D eigenvalue weighted by molar-refractivity contribution is 0.0949. The summed E-state index contributed by atoms with van der Waals surface area (Å²) in [6.45, 7) is 4.98. The van der Waals surface area contributed by atoms with Crippen LogP contribution in [0.1, 0.15) is 30.6 Å². The Bertz CT molecular complexity index is 374. The SMILES string of the molecule is CCNc1ccc(C(=O)NC2CC2C)cn1. The predicted molar refractivity (Wildman–Crippen MR) is 63.4 cm³/mol. The highest BCUT2D eigenvalue weighted by Gasteiger charge is 2.33. The number of carbonyl (C=O) groups excluding carboxylic acids is 1. The van der Waals surface area contributed by atoms with Gasteiger partial charge in [-0.2, -0.15) is 0 Å². The second-order valence-electron chi connectivity index (χ2n) is 4.26. The molecule has 86 valence electrons. The monoisotopic (exact) mass is 219 g/mol. The first-order valence-corrected chi connectivity index (χ1v) is 5.71. The van der Waals surface area contributed by atoms with Gasteiger partial charge in [-0.05, 0) is 31.4 Å². The van der Waals surface area contributed by atoms with E-state index in [2.05, 4.69) is 22.5 Å². The molecule has 1 aliphatic rings. The van der Waals surface area contributed by atoms with Gasteiger partial charge in [0, 0.05) is 18.8 Å². The minimum absolute atomic E-state index is 0.0232. The van der Waals surface area contributed by atoms with E-state index in [4.69, 9.17) is 0 Å². The summed E-state index contributed by atoms with van der Waals surface area (Å²) in [5.41, 5.74) is 0.626. The Labute approximate surface area is 95.5 Å². The summed E-state index contributed by atoms with van der Waals surface area (Å²) >= 11 is 0. The van der Waals surface area contributed by atoms with Crippen molar-refractivity contribution in [3.8, 4) is 0 Å². The van der Waals surface area contributed by atoms with Crippen molar-refractivity contribution < 1.29 is 4.79 Å². The van der Waals surface area contributed by atoms with E-state index in [1.807, 2.05) is 13.0 Å². The molecule has 4 heteroatoms. The first-order chi connectivity index (χ1) is 7.70. The van der Waals surface area contributed by atoms with Crippen molar-refractivity contribution in [1.82, 2.24) is 10.3 Å². The van der Waals surface area contributed by atoms with Crippen LogP contribution in [0.3, 0.4) is 0 Å². The van der Waals surface area contributed by atoms with Crippen molar-refractivity contribution in [1.29, 1.82) is 0 Å². The molecule has 0 radical (unpaired) electrons. The van der Waals surface area contributed by atoms with Crippen LogP contribution in [-0.4, -0.2) is 23.5 Å². The molecule has 2 unspecified atom stereocenters. The Kier molecular flexibility index (Phi) is 3.08. The Morgan fingerprint density at radius 3 is 2.81 bits per heavy atom. The van der Waals surface area contributed by atoms with Crippen molar-refractivity contribution in [2.75, 3.05) is 11.9 Å². The molecular weight excluding hydrogens is 202 g/mol. The third-order valence-electron chi connectivity index (χ3n) is 2.81. The Balaban J connectivity index is 1.95. The molecule has 0 aliphatic heterocycles. The van der Waals surface area contributed by atoms with E-state index in [1.54, 1.807) is 12.3 Å². The lowest BCUT2D eigenvalue weighted by Gasteiger charge is -2.05. The summed E-state index contributed by atoms with van der Waals surface area (Å²) in [7, 11) is 0. The molecule has 1 saturated carbocycles. The highest BCUT2D eigenvalue weighted by Crippen LogP contribution is 2.29. The third-order valence-corrected chi connectivity index (χ3v) is 2.81. The van der Waals surface area contributed by atoms with Crippen LogP contribution in [0.15, 0.2) is 18.3 Å². The van der Waals surface area contributed by atoms with E-state index >= 15 is 0 Å². The number of anilines is 1. The third kappa shape index (κ3) is 2.51. The van der Waals surface area contributed by atoms with Crippen LogP contribution >= 0.6 is 0 Å². The topological polar surface area (TPSA) is 54.0 Å². The molecular formula is C12H17N3O. The number of aromatic nitrogens is 1. The number of nitrogens with zero attached hydrogens (tertiary/aromatic N) is 1. The minimum Gasteiger partial charge on any atom is -0.370 e. The smallest absolute Gasteiger partial charge is 0.253 e. The quantitative estimate of drug-likeness (QED) is 0.809. The van der Waals surface area contributed by atoms with Gasteiger partial charge in [-0.15, -0.1) is 0 Å². The largest absolute Gasteiger partial charge is 0.370 e. The van der Waals surface area contributed by atoms with Gasteiger partial charge in [0.25, 0.3) is 5.91 Å². The number of hydrogen-bond acceptors (Lipinski definition) is 3. The Morgan fingerprint density at radius 2 is 2.31 bits per heavy atom. The van der Waals surface area contributed by atoms with Gasteiger partial charge in [-0.25, -0.2) is 4.98 Å². The molecule has 0 saturated heterocycles. The van der Waals surface area contributed by atoms with Crippen LogP contribution in [0.2, 0.25) is 0 Å². The average molecular weight is 219 g/mol. The summed E-state index contributed by atoms with van der Waals surface area (Å²) in [4.78, 5) is 15.9. The van der Waals surface area contributed by atoms with Crippen LogP contribution in [0.25, 0.3) is 0 Å². The maximum atomic E-state index is 11.7. The average Bonchev–Trinajstić information content (AvgIpc) is 2.95. The van der Waals surface area contributed by atoms with E-state index in [9.17, 15) is 4.79 Å². The van der Waals surface area contributed by atoms with Crippen molar-refractivity contribution in [3.05, 3.63) is 23.9 Å². The number of carbonyl (C=O) groups is 1. The zero-order valence-corrected chi connectivity index (χ0v) is 9.66. The molecule has 1 amide bonds. The van der Waals surface area contributed by atoms with Gasteiger partial charge in [-0.1, -0.05) is 6.92 Å². The standard InChI is InChI=1S/C12H17N3O/c1-3-13-11-5-4-9(7-14-11)12(16)15-10-6-8(10)2/h4-5,7-8,10H,3,6H2,1-2H3,(H,13,14)(H,15,16). The molecule has 1 aromatic rings. The number of hydrogen-bond donors (Lipinski definition) is 2. The summed E-state index contributed by atoms with van der Waals surface area (Å²) in [6, 6.07) is 3.99. The highest BCUT2D eigenvalue weighted by atomic mass is 16.1. The van der Waals surface area contributed by atoms with Crippen LogP contribution in [0.5, 0.6) is 0 Å². The van der Waals surface area contributed by atoms with Gasteiger partial charge in [0.15, 0.2) is 0 Å². The normalized spacial score (nSPS) is 22.6. The van der Waals surface area contributed by atoms with E-state index in [-0.39, 0.29) is 5.91 Å². The van der Waals surface area contributed by atoms with Gasteiger partial charge in [-0.3, -0.25) is 4.79 Å². The molecule has 2 rings (SSSR count). The maximum Gasteiger partial charge on any atom is 0.253 e. The van der Waals surface area contributed by atoms with E-state index in [1.165, 1.54) is 0 Å². The molecule has 0 spiro atoms. The van der Waals surface area contributed by atoms with Crippen LogP contribution in [-0.2, 0) is 0 Å². The molecule has 0 aromatic carbocycles. The van der Waals surface area contributed by atoms with Gasteiger partial charge in [0.2, 0.25) is 0 Å². The molecule has 2 N–H and O–H groups in total. The fourth-order valence-electron chi connectivity index (χ4n) is 1.59. The molecule has 16 heavy (non-hydrogen) atoms. The number of nitrogens with one attached hydrogen (secondary N) is 2. The number of rotatable bonds is 4. The molecule has 4 nitrogen and oxygen atoms in total. The molecule has 0 bridgehead atoms. The fourth-order valence-corrected chi connectivity index (χ4v) is 1.59. The second kappa shape index (κ2) is 4.51. The summed E-state index contributed by atoms with van der Waals surface area (Å²) in [5, 5.41) is 6.06. The van der Waals surface area contributed by atoms with Crippen molar-refractivity contribution in [2.45, 2.75) is 26.3 Å². The predicted octanol–water partition coefficient (Wildman–Crippen LogP) is 1.65. The fraction of sp³-hybridized carbons (Fsp3) is 0.500. The van der Waals surface area contributed by atoms with Gasteiger partial charge in [0.05, 0.1) is 5.56 Å². The molecule has 1 aromatic heterocycles. The van der Waals surface area contributed by atoms with Gasteiger partial charge >= 0.3 is 0 Å². The summed E-state index contributed by atoms with van der Waals surface area (Å²) in [5.74, 6) is 1.40. The van der Waals surface area contributed by atoms with Gasteiger partial charge in [0.1, 0.15) is 5.82 Å². The van der Waals surface area contributed by atoms with E-state index < -0.39 is 0 Å². The lowest BCUT2D eigenvalue weighted by Crippen LogP contribution is -2.26. The Hall–Kier alpha value is -1.58. The molecule has 2 atom stereocenters. The van der Waals surface area contributed by atoms with Crippen molar-refractivity contribution in [2.24, 2.45) is 5.92 Å². The first-order valence-electron chi connectivity index (χ1n) is 5.71. The first kappa shape index (κ1) is 10.9. The number of amides is 1. The second-order valence-corrected chi connectivity index (χ2v) is 4.26. The van der Waals surface area contributed by atoms with Crippen molar-refractivity contribution in [3.63, 3.8) is 0 Å². The molecule has 1 fully saturated rings. The van der Waals surface area contributed by atoms with Crippen LogP contribution < -0.4 is 10.6 Å². The van der Waals surface area contributed by atoms with Crippen molar-refractivity contribution >= 4 is 11.7 Å². The lowest BCUT2D eigenvalue weighted by atomic mass is 10.2. The van der Waals surface area contributed by atoms with Gasteiger partial charge < -0.3 is 10.6 Å². The zero-order valence-electron chi connectivity index (χ0n) is 9.66.